The topological polar surface area (TPSA) is 45.2 Å². The number of urea groups is 1. The van der Waals surface area contributed by atoms with Gasteiger partial charge in [-0.25, -0.2) is 9.78 Å². The van der Waals surface area contributed by atoms with Crippen LogP contribution in [0.25, 0.3) is 0 Å². The molecule has 72 valence electrons. The van der Waals surface area contributed by atoms with Gasteiger partial charge in [0.1, 0.15) is 0 Å². The number of amides is 2. The normalized spacial score (nSPS) is 9.85. The average molecular weight is 199 g/mol. The summed E-state index contributed by atoms with van der Waals surface area (Å²) in [5.41, 5.74) is 0.971. The smallest absolute Gasteiger partial charge is 0.323 e. The Hall–Kier alpha value is -1.10. The van der Waals surface area contributed by atoms with Crippen LogP contribution in [0.5, 0.6) is 0 Å². The molecule has 0 saturated heterocycles. The van der Waals surface area contributed by atoms with Crippen molar-refractivity contribution in [1.82, 2.24) is 9.88 Å². The molecule has 0 bridgehead atoms. The van der Waals surface area contributed by atoms with Crippen molar-refractivity contribution in [3.63, 3.8) is 0 Å². The largest absolute Gasteiger partial charge is 0.331 e. The van der Waals surface area contributed by atoms with Crippen molar-refractivity contribution in [3.05, 3.63) is 10.6 Å². The van der Waals surface area contributed by atoms with Crippen LogP contribution in [0.1, 0.15) is 10.6 Å². The van der Waals surface area contributed by atoms with Crippen LogP contribution in [-0.4, -0.2) is 30.0 Å². The first-order valence-corrected chi connectivity index (χ1v) is 4.74. The Kier molecular flexibility index (Phi) is 2.87. The highest BCUT2D eigenvalue weighted by Crippen LogP contribution is 2.20. The van der Waals surface area contributed by atoms with E-state index >= 15 is 0 Å². The second-order valence-electron chi connectivity index (χ2n) is 2.99. The molecule has 0 aliphatic carbocycles. The lowest BCUT2D eigenvalue weighted by atomic mass is 10.4. The zero-order valence-electron chi connectivity index (χ0n) is 8.21. The number of nitrogens with one attached hydrogen (secondary N) is 1. The monoisotopic (exact) mass is 199 g/mol. The van der Waals surface area contributed by atoms with Crippen molar-refractivity contribution >= 4 is 22.5 Å². The predicted molar refractivity (Wildman–Crippen MR) is 54.3 cm³/mol. The van der Waals surface area contributed by atoms with Crippen LogP contribution in [0.3, 0.4) is 0 Å². The van der Waals surface area contributed by atoms with E-state index in [0.717, 1.165) is 10.6 Å². The van der Waals surface area contributed by atoms with Gasteiger partial charge >= 0.3 is 6.03 Å². The molecule has 0 aliphatic rings. The van der Waals surface area contributed by atoms with Gasteiger partial charge in [0.05, 0.1) is 5.69 Å². The standard InChI is InChI=1S/C8H13N3OS/c1-5-6(2)13-7(9-5)10-8(12)11(3)4/h1-4H3,(H,9,10,12). The molecule has 1 heterocycles. The van der Waals surface area contributed by atoms with Crippen LogP contribution in [0.15, 0.2) is 0 Å². The molecule has 0 aromatic carbocycles. The molecule has 0 aliphatic heterocycles. The maximum Gasteiger partial charge on any atom is 0.323 e. The zero-order valence-corrected chi connectivity index (χ0v) is 9.03. The van der Waals surface area contributed by atoms with E-state index in [4.69, 9.17) is 0 Å². The summed E-state index contributed by atoms with van der Waals surface area (Å²) in [6.07, 6.45) is 0. The molecule has 0 spiro atoms. The number of anilines is 1. The van der Waals surface area contributed by atoms with Crippen LogP contribution < -0.4 is 5.32 Å². The van der Waals surface area contributed by atoms with Crippen LogP contribution in [-0.2, 0) is 0 Å². The molecule has 13 heavy (non-hydrogen) atoms. The van der Waals surface area contributed by atoms with Gasteiger partial charge in [-0.15, -0.1) is 11.3 Å². The Labute approximate surface area is 81.6 Å². The summed E-state index contributed by atoms with van der Waals surface area (Å²) in [4.78, 5) is 18.0. The van der Waals surface area contributed by atoms with Crippen molar-refractivity contribution in [2.75, 3.05) is 19.4 Å². The summed E-state index contributed by atoms with van der Waals surface area (Å²) < 4.78 is 0. The maximum atomic E-state index is 11.2. The highest BCUT2D eigenvalue weighted by atomic mass is 32.1. The Morgan fingerprint density at radius 2 is 2.08 bits per heavy atom. The molecule has 0 fully saturated rings. The second-order valence-corrected chi connectivity index (χ2v) is 4.19. The highest BCUT2D eigenvalue weighted by molar-refractivity contribution is 7.15. The molecule has 5 heteroatoms. The number of rotatable bonds is 1. The molecule has 1 aromatic heterocycles. The Morgan fingerprint density at radius 1 is 1.46 bits per heavy atom. The molecule has 0 atom stereocenters. The molecule has 1 N–H and O–H groups in total. The lowest BCUT2D eigenvalue weighted by Crippen LogP contribution is -2.27. The summed E-state index contributed by atoms with van der Waals surface area (Å²) >= 11 is 1.49. The number of nitrogens with zero attached hydrogens (tertiary/aromatic N) is 2. The van der Waals surface area contributed by atoms with Crippen LogP contribution in [0.4, 0.5) is 9.93 Å². The van der Waals surface area contributed by atoms with Gasteiger partial charge < -0.3 is 4.90 Å². The minimum absolute atomic E-state index is 0.145. The fraction of sp³-hybridized carbons (Fsp3) is 0.500. The van der Waals surface area contributed by atoms with Gasteiger partial charge in [0.25, 0.3) is 0 Å². The van der Waals surface area contributed by atoms with Crippen molar-refractivity contribution in [2.24, 2.45) is 0 Å². The van der Waals surface area contributed by atoms with Gasteiger partial charge in [-0.05, 0) is 13.8 Å². The van der Waals surface area contributed by atoms with Gasteiger partial charge in [0.15, 0.2) is 5.13 Å². The highest BCUT2D eigenvalue weighted by Gasteiger charge is 2.08. The van der Waals surface area contributed by atoms with Crippen molar-refractivity contribution in [2.45, 2.75) is 13.8 Å². The SMILES string of the molecule is Cc1nc(NC(=O)N(C)C)sc1C. The van der Waals surface area contributed by atoms with E-state index in [-0.39, 0.29) is 6.03 Å². The van der Waals surface area contributed by atoms with Crippen LogP contribution >= 0.6 is 11.3 Å². The molecule has 4 nitrogen and oxygen atoms in total. The number of carbonyl (C=O) groups is 1. The maximum absolute atomic E-state index is 11.2. The Balaban J connectivity index is 2.70. The van der Waals surface area contributed by atoms with Gasteiger partial charge in [-0.3, -0.25) is 5.32 Å². The predicted octanol–water partition coefficient (Wildman–Crippen LogP) is 1.85. The molecule has 1 aromatic rings. The summed E-state index contributed by atoms with van der Waals surface area (Å²) in [6.45, 7) is 3.91. The molecular weight excluding hydrogens is 186 g/mol. The number of hydrogen-bond donors (Lipinski definition) is 1. The first-order valence-electron chi connectivity index (χ1n) is 3.93. The first kappa shape index (κ1) is 9.98. The van der Waals surface area contributed by atoms with Crippen LogP contribution in [0, 0.1) is 13.8 Å². The lowest BCUT2D eigenvalue weighted by Gasteiger charge is -2.09. The summed E-state index contributed by atoms with van der Waals surface area (Å²) in [6, 6.07) is -0.145. The van der Waals surface area contributed by atoms with E-state index in [1.54, 1.807) is 14.1 Å². The van der Waals surface area contributed by atoms with E-state index in [1.165, 1.54) is 16.2 Å². The average Bonchev–Trinajstić information content (AvgIpc) is 2.31. The minimum Gasteiger partial charge on any atom is -0.331 e. The molecular formula is C8H13N3OS. The van der Waals surface area contributed by atoms with E-state index in [9.17, 15) is 4.79 Å². The van der Waals surface area contributed by atoms with E-state index in [0.29, 0.717) is 5.13 Å². The van der Waals surface area contributed by atoms with Crippen molar-refractivity contribution in [3.8, 4) is 0 Å². The van der Waals surface area contributed by atoms with Gasteiger partial charge in [-0.1, -0.05) is 0 Å². The van der Waals surface area contributed by atoms with Gasteiger partial charge in [0, 0.05) is 19.0 Å². The number of hydrogen-bond acceptors (Lipinski definition) is 3. The van der Waals surface area contributed by atoms with Gasteiger partial charge in [-0.2, -0.15) is 0 Å². The third-order valence-corrected chi connectivity index (χ3v) is 2.64. The Morgan fingerprint density at radius 3 is 2.46 bits per heavy atom. The van der Waals surface area contributed by atoms with E-state index < -0.39 is 0 Å². The van der Waals surface area contributed by atoms with Gasteiger partial charge in [0.2, 0.25) is 0 Å². The number of aryl methyl sites for hydroxylation is 2. The van der Waals surface area contributed by atoms with E-state index in [1.807, 2.05) is 13.8 Å². The zero-order chi connectivity index (χ0) is 10.0. The third-order valence-electron chi connectivity index (χ3n) is 1.65. The fourth-order valence-electron chi connectivity index (χ4n) is 0.729. The van der Waals surface area contributed by atoms with Crippen LogP contribution in [0.2, 0.25) is 0 Å². The summed E-state index contributed by atoms with van der Waals surface area (Å²) in [5.74, 6) is 0. The third kappa shape index (κ3) is 2.42. The quantitative estimate of drug-likeness (QED) is 0.750. The van der Waals surface area contributed by atoms with E-state index in [2.05, 4.69) is 10.3 Å². The fourth-order valence-corrected chi connectivity index (χ4v) is 1.53. The second kappa shape index (κ2) is 3.74. The summed E-state index contributed by atoms with van der Waals surface area (Å²) in [7, 11) is 3.39. The molecule has 2 amide bonds. The van der Waals surface area contributed by atoms with Crippen molar-refractivity contribution < 1.29 is 4.79 Å². The molecule has 0 saturated carbocycles. The number of aromatic nitrogens is 1. The number of thiazole rings is 1. The molecule has 0 unspecified atom stereocenters. The van der Waals surface area contributed by atoms with Crippen molar-refractivity contribution in [1.29, 1.82) is 0 Å². The Bertz CT molecular complexity index is 300. The number of carbonyl (C=O) groups excluding carboxylic acids is 1. The lowest BCUT2D eigenvalue weighted by molar-refractivity contribution is 0.230. The molecule has 1 rings (SSSR count). The molecule has 0 radical (unpaired) electrons. The minimum atomic E-state index is -0.145. The first-order chi connectivity index (χ1) is 6.00. The summed E-state index contributed by atoms with van der Waals surface area (Å²) in [5, 5.41) is 3.36.